The number of fused-ring (bicyclic) bond motifs is 1. The molecule has 1 saturated carbocycles. The van der Waals surface area contributed by atoms with Crippen molar-refractivity contribution in [1.29, 1.82) is 0 Å². The van der Waals surface area contributed by atoms with Gasteiger partial charge >= 0.3 is 0 Å². The van der Waals surface area contributed by atoms with Gasteiger partial charge in [-0.1, -0.05) is 0 Å². The van der Waals surface area contributed by atoms with Crippen molar-refractivity contribution in [3.63, 3.8) is 0 Å². The van der Waals surface area contributed by atoms with Crippen LogP contribution in [0.15, 0.2) is 41.5 Å². The molecular formula is C16H14N4O2. The van der Waals surface area contributed by atoms with Crippen molar-refractivity contribution in [2.24, 2.45) is 0 Å². The highest BCUT2D eigenvalue weighted by Crippen LogP contribution is 2.35. The number of rotatable bonds is 3. The largest absolute Gasteiger partial charge is 0.481 e. The summed E-state index contributed by atoms with van der Waals surface area (Å²) in [6, 6.07) is 7.46. The molecule has 0 atom stereocenters. The average Bonchev–Trinajstić information content (AvgIpc) is 3.39. The predicted molar refractivity (Wildman–Crippen MR) is 81.9 cm³/mol. The minimum absolute atomic E-state index is 0.110. The summed E-state index contributed by atoms with van der Waals surface area (Å²) >= 11 is 0. The van der Waals surface area contributed by atoms with Gasteiger partial charge in [0.15, 0.2) is 5.65 Å². The Morgan fingerprint density at radius 3 is 2.77 bits per heavy atom. The Morgan fingerprint density at radius 2 is 2.09 bits per heavy atom. The molecule has 0 amide bonds. The number of hydrogen-bond acceptors (Lipinski definition) is 5. The van der Waals surface area contributed by atoms with Crippen LogP contribution < -0.4 is 10.3 Å². The minimum atomic E-state index is -0.110. The van der Waals surface area contributed by atoms with E-state index < -0.39 is 0 Å². The summed E-state index contributed by atoms with van der Waals surface area (Å²) in [7, 11) is 1.56. The summed E-state index contributed by atoms with van der Waals surface area (Å²) in [5.41, 5.74) is 2.36. The zero-order chi connectivity index (χ0) is 15.1. The fourth-order valence-corrected chi connectivity index (χ4v) is 2.54. The topological polar surface area (TPSA) is 69.9 Å². The predicted octanol–water partition coefficient (Wildman–Crippen LogP) is 2.20. The Balaban J connectivity index is 1.97. The molecule has 0 aromatic carbocycles. The molecule has 22 heavy (non-hydrogen) atoms. The first-order chi connectivity index (χ1) is 10.8. The normalized spacial score (nSPS) is 14.2. The molecule has 0 bridgehead atoms. The Bertz CT molecular complexity index is 898. The molecule has 0 saturated heterocycles. The molecule has 0 unspecified atom stereocenters. The number of pyridine rings is 2. The number of methoxy groups -OCH3 is 1. The molecule has 6 heteroatoms. The quantitative estimate of drug-likeness (QED) is 0.740. The van der Waals surface area contributed by atoms with Gasteiger partial charge in [0.2, 0.25) is 5.88 Å². The third-order valence-electron chi connectivity index (χ3n) is 3.78. The van der Waals surface area contributed by atoms with Crippen molar-refractivity contribution in [2.75, 3.05) is 7.11 Å². The zero-order valence-corrected chi connectivity index (χ0v) is 12.1. The smallest absolute Gasteiger partial charge is 0.279 e. The standard InChI is InChI=1S/C16H14N4O2/c1-22-13-7-4-10(9-18-13)14-16(21)20(11-5-6-11)15-12(19-14)3-2-8-17-15/h2-4,7-9,11H,5-6H2,1H3. The zero-order valence-electron chi connectivity index (χ0n) is 12.1. The summed E-state index contributed by atoms with van der Waals surface area (Å²) in [5.74, 6) is 0.508. The summed E-state index contributed by atoms with van der Waals surface area (Å²) < 4.78 is 6.82. The van der Waals surface area contributed by atoms with Gasteiger partial charge in [-0.3, -0.25) is 9.36 Å². The molecule has 1 aliphatic carbocycles. The first-order valence-corrected chi connectivity index (χ1v) is 7.15. The number of aromatic nitrogens is 4. The van der Waals surface area contributed by atoms with Gasteiger partial charge < -0.3 is 4.74 Å². The van der Waals surface area contributed by atoms with E-state index in [0.29, 0.717) is 22.8 Å². The summed E-state index contributed by atoms with van der Waals surface area (Å²) in [6.07, 6.45) is 5.32. The van der Waals surface area contributed by atoms with E-state index >= 15 is 0 Å². The lowest BCUT2D eigenvalue weighted by molar-refractivity contribution is 0.398. The molecule has 1 aliphatic rings. The van der Waals surface area contributed by atoms with Gasteiger partial charge in [-0.2, -0.15) is 0 Å². The number of nitrogens with zero attached hydrogens (tertiary/aromatic N) is 4. The van der Waals surface area contributed by atoms with Crippen LogP contribution in [0.5, 0.6) is 5.88 Å². The van der Waals surface area contributed by atoms with Crippen LogP contribution in [0.3, 0.4) is 0 Å². The summed E-state index contributed by atoms with van der Waals surface area (Å²) in [6.45, 7) is 0. The van der Waals surface area contributed by atoms with Crippen LogP contribution >= 0.6 is 0 Å². The molecule has 3 heterocycles. The second kappa shape index (κ2) is 4.91. The van der Waals surface area contributed by atoms with Crippen LogP contribution in [0.1, 0.15) is 18.9 Å². The monoisotopic (exact) mass is 294 g/mol. The lowest BCUT2D eigenvalue weighted by Gasteiger charge is -2.10. The lowest BCUT2D eigenvalue weighted by atomic mass is 10.2. The van der Waals surface area contributed by atoms with Crippen molar-refractivity contribution >= 4 is 11.2 Å². The van der Waals surface area contributed by atoms with Gasteiger partial charge in [0.05, 0.1) is 7.11 Å². The van der Waals surface area contributed by atoms with E-state index in [9.17, 15) is 4.79 Å². The molecule has 6 nitrogen and oxygen atoms in total. The second-order valence-electron chi connectivity index (χ2n) is 5.30. The van der Waals surface area contributed by atoms with Crippen LogP contribution in [0.2, 0.25) is 0 Å². The first-order valence-electron chi connectivity index (χ1n) is 7.15. The van der Waals surface area contributed by atoms with E-state index in [1.54, 1.807) is 36.2 Å². The van der Waals surface area contributed by atoms with E-state index in [-0.39, 0.29) is 11.6 Å². The van der Waals surface area contributed by atoms with Crippen molar-refractivity contribution in [1.82, 2.24) is 19.5 Å². The van der Waals surface area contributed by atoms with Crippen molar-refractivity contribution < 1.29 is 4.74 Å². The molecular weight excluding hydrogens is 280 g/mol. The van der Waals surface area contributed by atoms with Gasteiger partial charge in [0.25, 0.3) is 5.56 Å². The lowest BCUT2D eigenvalue weighted by Crippen LogP contribution is -2.23. The maximum atomic E-state index is 12.8. The van der Waals surface area contributed by atoms with Gasteiger partial charge in [-0.05, 0) is 31.0 Å². The Kier molecular flexibility index (Phi) is 2.89. The van der Waals surface area contributed by atoms with Gasteiger partial charge in [0.1, 0.15) is 11.2 Å². The maximum Gasteiger partial charge on any atom is 0.279 e. The molecule has 3 aromatic heterocycles. The van der Waals surface area contributed by atoms with Gasteiger partial charge in [0, 0.05) is 30.1 Å². The molecule has 0 radical (unpaired) electrons. The highest BCUT2D eigenvalue weighted by Gasteiger charge is 2.28. The molecule has 110 valence electrons. The minimum Gasteiger partial charge on any atom is -0.481 e. The number of ether oxygens (including phenoxy) is 1. The third kappa shape index (κ3) is 2.04. The van der Waals surface area contributed by atoms with Crippen LogP contribution in [-0.4, -0.2) is 26.6 Å². The SMILES string of the molecule is COc1ccc(-c2nc3cccnc3n(C3CC3)c2=O)cn1. The molecule has 1 fully saturated rings. The Hall–Kier alpha value is -2.76. The highest BCUT2D eigenvalue weighted by molar-refractivity contribution is 5.74. The second-order valence-corrected chi connectivity index (χ2v) is 5.30. The molecule has 3 aromatic rings. The molecule has 4 rings (SSSR count). The third-order valence-corrected chi connectivity index (χ3v) is 3.78. The van der Waals surface area contributed by atoms with E-state index in [2.05, 4.69) is 15.0 Å². The van der Waals surface area contributed by atoms with Crippen LogP contribution in [0, 0.1) is 0 Å². The highest BCUT2D eigenvalue weighted by atomic mass is 16.5. The van der Waals surface area contributed by atoms with Gasteiger partial charge in [-0.25, -0.2) is 15.0 Å². The van der Waals surface area contributed by atoms with Crippen LogP contribution in [-0.2, 0) is 0 Å². The van der Waals surface area contributed by atoms with Crippen LogP contribution in [0.4, 0.5) is 0 Å². The van der Waals surface area contributed by atoms with Crippen molar-refractivity contribution in [3.05, 3.63) is 47.0 Å². The van der Waals surface area contributed by atoms with E-state index in [1.165, 1.54) is 0 Å². The first kappa shape index (κ1) is 12.9. The fourth-order valence-electron chi connectivity index (χ4n) is 2.54. The summed E-state index contributed by atoms with van der Waals surface area (Å²) in [4.78, 5) is 25.8. The fraction of sp³-hybridized carbons (Fsp3) is 0.250. The van der Waals surface area contributed by atoms with Crippen molar-refractivity contribution in [2.45, 2.75) is 18.9 Å². The summed E-state index contributed by atoms with van der Waals surface area (Å²) in [5, 5.41) is 0. The van der Waals surface area contributed by atoms with E-state index in [4.69, 9.17) is 4.74 Å². The van der Waals surface area contributed by atoms with Crippen LogP contribution in [0.25, 0.3) is 22.4 Å². The van der Waals surface area contributed by atoms with E-state index in [1.807, 2.05) is 12.1 Å². The van der Waals surface area contributed by atoms with Gasteiger partial charge in [-0.15, -0.1) is 0 Å². The van der Waals surface area contributed by atoms with Crippen molar-refractivity contribution in [3.8, 4) is 17.1 Å². The average molecular weight is 294 g/mol. The van der Waals surface area contributed by atoms with E-state index in [0.717, 1.165) is 18.4 Å². The molecule has 0 N–H and O–H groups in total. The number of hydrogen-bond donors (Lipinski definition) is 0. The Morgan fingerprint density at radius 1 is 1.23 bits per heavy atom. The maximum absolute atomic E-state index is 12.8. The molecule has 0 spiro atoms. The molecule has 0 aliphatic heterocycles. The Labute approximate surface area is 126 Å².